The third kappa shape index (κ3) is 4.80. The summed E-state index contributed by atoms with van der Waals surface area (Å²) in [5, 5.41) is 3.37. The number of piperazine rings is 2. The first kappa shape index (κ1) is 23.8. The number of nitrogens with one attached hydrogen (secondary N) is 1. The molecule has 2 aromatic rings. The van der Waals surface area contributed by atoms with Crippen molar-refractivity contribution in [2.24, 2.45) is 0 Å². The Morgan fingerprint density at radius 3 is 2.52 bits per heavy atom. The van der Waals surface area contributed by atoms with Crippen molar-refractivity contribution in [2.75, 3.05) is 49.1 Å². The van der Waals surface area contributed by atoms with Crippen LogP contribution in [0.4, 0.5) is 28.3 Å². The molecule has 1 aromatic carbocycles. The first-order chi connectivity index (χ1) is 15.5. The van der Waals surface area contributed by atoms with Gasteiger partial charge < -0.3 is 15.1 Å². The molecule has 4 rings (SSSR count). The summed E-state index contributed by atoms with van der Waals surface area (Å²) >= 11 is 1.06. The fraction of sp³-hybridized carbons (Fsp3) is 0.450. The zero-order valence-electron chi connectivity index (χ0n) is 17.6. The highest BCUT2D eigenvalue weighted by Gasteiger charge is 2.39. The van der Waals surface area contributed by atoms with Crippen LogP contribution in [0, 0.1) is 5.82 Å². The minimum absolute atomic E-state index is 0.0163. The summed E-state index contributed by atoms with van der Waals surface area (Å²) in [6, 6.07) is 5.04. The maximum atomic E-state index is 13.5. The monoisotopic (exact) mass is 506 g/mol. The molecular formula is C20H22F4N4O3S2. The molecule has 7 nitrogen and oxygen atoms in total. The Hall–Kier alpha value is -2.38. The number of alkyl halides is 3. The van der Waals surface area contributed by atoms with Gasteiger partial charge in [0.15, 0.2) is 0 Å². The molecule has 13 heteroatoms. The van der Waals surface area contributed by atoms with Crippen LogP contribution < -0.4 is 15.1 Å². The zero-order valence-corrected chi connectivity index (χ0v) is 19.2. The number of thiophene rings is 1. The molecule has 2 fully saturated rings. The van der Waals surface area contributed by atoms with Crippen LogP contribution in [0.15, 0.2) is 34.5 Å². The van der Waals surface area contributed by atoms with E-state index in [2.05, 4.69) is 5.32 Å². The summed E-state index contributed by atoms with van der Waals surface area (Å²) in [7, 11) is -3.88. The normalized spacial score (nSPS) is 20.8. The number of hydrogen-bond donors (Lipinski definition) is 1. The molecule has 0 bridgehead atoms. The molecule has 1 amide bonds. The van der Waals surface area contributed by atoms with Crippen LogP contribution in [0.3, 0.4) is 0 Å². The molecule has 1 N–H and O–H groups in total. The van der Waals surface area contributed by atoms with Gasteiger partial charge in [0.1, 0.15) is 10.0 Å². The number of benzene rings is 1. The molecule has 1 aromatic heterocycles. The first-order valence-electron chi connectivity index (χ1n) is 10.2. The molecule has 0 saturated carbocycles. The molecule has 0 radical (unpaired) electrons. The Balaban J connectivity index is 1.52. The lowest BCUT2D eigenvalue weighted by Gasteiger charge is -2.40. The van der Waals surface area contributed by atoms with Crippen LogP contribution in [-0.4, -0.2) is 63.9 Å². The number of amides is 1. The van der Waals surface area contributed by atoms with E-state index >= 15 is 0 Å². The number of hydrogen-bond acceptors (Lipinski definition) is 6. The van der Waals surface area contributed by atoms with Crippen molar-refractivity contribution in [1.29, 1.82) is 0 Å². The van der Waals surface area contributed by atoms with Crippen molar-refractivity contribution in [3.05, 3.63) is 41.7 Å². The van der Waals surface area contributed by atoms with Gasteiger partial charge in [-0.15, -0.1) is 11.3 Å². The molecule has 1 atom stereocenters. The Kier molecular flexibility index (Phi) is 6.31. The topological polar surface area (TPSA) is 73.0 Å². The van der Waals surface area contributed by atoms with Crippen molar-refractivity contribution < 1.29 is 30.8 Å². The number of carbonyl (C=O) groups is 1. The van der Waals surface area contributed by atoms with Crippen molar-refractivity contribution >= 4 is 38.0 Å². The molecule has 0 unspecified atom stereocenters. The van der Waals surface area contributed by atoms with E-state index in [0.717, 1.165) is 23.5 Å². The molecular weight excluding hydrogens is 484 g/mol. The molecule has 2 aliphatic heterocycles. The minimum atomic E-state index is -4.73. The van der Waals surface area contributed by atoms with E-state index in [0.29, 0.717) is 24.2 Å². The van der Waals surface area contributed by atoms with E-state index < -0.39 is 33.6 Å². The standard InChI is InChI=1S/C20H22F4N4O3S2/c1-13-11-26(16-3-2-14(21)10-15(16)20(22,23)24)8-9-28(13)33(30,31)19-5-4-18(32-19)27-7-6-25-17(29)12-27/h2-5,10,13H,6-9,11-12H2,1H3,(H,25,29)/t13-/m1/s1. The zero-order chi connectivity index (χ0) is 24.0. The number of rotatable bonds is 4. The SMILES string of the molecule is C[C@@H]1CN(c2ccc(F)cc2C(F)(F)F)CCN1S(=O)(=O)c1ccc(N2CCNC(=O)C2)s1. The molecule has 0 spiro atoms. The van der Waals surface area contributed by atoms with E-state index in [1.165, 1.54) is 15.3 Å². The van der Waals surface area contributed by atoms with Crippen LogP contribution in [0.5, 0.6) is 0 Å². The van der Waals surface area contributed by atoms with Gasteiger partial charge in [-0.2, -0.15) is 17.5 Å². The van der Waals surface area contributed by atoms with Gasteiger partial charge in [-0.3, -0.25) is 4.79 Å². The highest BCUT2D eigenvalue weighted by atomic mass is 32.2. The summed E-state index contributed by atoms with van der Waals surface area (Å²) in [4.78, 5) is 14.9. The molecule has 0 aliphatic carbocycles. The van der Waals surface area contributed by atoms with E-state index in [9.17, 15) is 30.8 Å². The van der Waals surface area contributed by atoms with Gasteiger partial charge in [-0.25, -0.2) is 12.8 Å². The van der Waals surface area contributed by atoms with Crippen LogP contribution >= 0.6 is 11.3 Å². The fourth-order valence-corrected chi connectivity index (χ4v) is 7.15. The van der Waals surface area contributed by atoms with Gasteiger partial charge in [-0.1, -0.05) is 0 Å². The van der Waals surface area contributed by atoms with Gasteiger partial charge in [-0.05, 0) is 37.3 Å². The minimum Gasteiger partial charge on any atom is -0.368 e. The Morgan fingerprint density at radius 1 is 1.09 bits per heavy atom. The second-order valence-corrected chi connectivity index (χ2v) is 11.1. The molecule has 180 valence electrons. The predicted molar refractivity (Wildman–Crippen MR) is 117 cm³/mol. The largest absolute Gasteiger partial charge is 0.418 e. The quantitative estimate of drug-likeness (QED) is 0.646. The Morgan fingerprint density at radius 2 is 1.85 bits per heavy atom. The predicted octanol–water partition coefficient (Wildman–Crippen LogP) is 2.74. The van der Waals surface area contributed by atoms with E-state index in [1.807, 2.05) is 0 Å². The summed E-state index contributed by atoms with van der Waals surface area (Å²) in [5.74, 6) is -1.12. The summed E-state index contributed by atoms with van der Waals surface area (Å²) in [5.41, 5.74) is -1.26. The second kappa shape index (κ2) is 8.76. The van der Waals surface area contributed by atoms with Gasteiger partial charge >= 0.3 is 6.18 Å². The van der Waals surface area contributed by atoms with E-state index in [-0.39, 0.29) is 42.0 Å². The van der Waals surface area contributed by atoms with Crippen LogP contribution in [0.2, 0.25) is 0 Å². The lowest BCUT2D eigenvalue weighted by molar-refractivity contribution is -0.137. The van der Waals surface area contributed by atoms with Crippen LogP contribution in [-0.2, 0) is 21.0 Å². The second-order valence-electron chi connectivity index (χ2n) is 7.93. The highest BCUT2D eigenvalue weighted by molar-refractivity contribution is 7.91. The van der Waals surface area contributed by atoms with Crippen molar-refractivity contribution in [3.8, 4) is 0 Å². The lowest BCUT2D eigenvalue weighted by atomic mass is 10.1. The maximum absolute atomic E-state index is 13.5. The van der Waals surface area contributed by atoms with Crippen LogP contribution in [0.1, 0.15) is 12.5 Å². The summed E-state index contributed by atoms with van der Waals surface area (Å²) in [6.07, 6.45) is -4.73. The van der Waals surface area contributed by atoms with Gasteiger partial charge in [0.05, 0.1) is 17.1 Å². The van der Waals surface area contributed by atoms with Crippen LogP contribution in [0.25, 0.3) is 0 Å². The number of halogens is 4. The number of sulfonamides is 1. The fourth-order valence-electron chi connectivity index (χ4n) is 4.09. The third-order valence-corrected chi connectivity index (χ3v) is 9.28. The maximum Gasteiger partial charge on any atom is 0.418 e. The first-order valence-corrected chi connectivity index (χ1v) is 12.5. The summed E-state index contributed by atoms with van der Waals surface area (Å²) in [6.45, 7) is 2.86. The van der Waals surface area contributed by atoms with Crippen molar-refractivity contribution in [2.45, 2.75) is 23.4 Å². The average molecular weight is 507 g/mol. The molecule has 2 aliphatic rings. The van der Waals surface area contributed by atoms with Crippen molar-refractivity contribution in [3.63, 3.8) is 0 Å². The third-order valence-electron chi connectivity index (χ3n) is 5.65. The van der Waals surface area contributed by atoms with Gasteiger partial charge in [0.2, 0.25) is 5.91 Å². The van der Waals surface area contributed by atoms with Crippen molar-refractivity contribution in [1.82, 2.24) is 9.62 Å². The smallest absolute Gasteiger partial charge is 0.368 e. The highest BCUT2D eigenvalue weighted by Crippen LogP contribution is 2.39. The Labute approximate surface area is 192 Å². The molecule has 33 heavy (non-hydrogen) atoms. The van der Waals surface area contributed by atoms with Gasteiger partial charge in [0.25, 0.3) is 10.0 Å². The average Bonchev–Trinajstić information content (AvgIpc) is 3.24. The summed E-state index contributed by atoms with van der Waals surface area (Å²) < 4.78 is 81.6. The molecule has 3 heterocycles. The lowest BCUT2D eigenvalue weighted by Crippen LogP contribution is -2.54. The van der Waals surface area contributed by atoms with E-state index in [1.54, 1.807) is 17.9 Å². The van der Waals surface area contributed by atoms with E-state index in [4.69, 9.17) is 0 Å². The Bertz CT molecular complexity index is 1150. The van der Waals surface area contributed by atoms with Gasteiger partial charge in [0, 0.05) is 44.5 Å². The number of anilines is 2. The number of nitrogens with zero attached hydrogens (tertiary/aromatic N) is 3. The number of carbonyl (C=O) groups excluding carboxylic acids is 1. The molecule has 2 saturated heterocycles.